The molecule has 6 rings (SSSR count). The van der Waals surface area contributed by atoms with Crippen LogP contribution >= 0.6 is 0 Å². The second kappa shape index (κ2) is 11.5. The first kappa shape index (κ1) is 28.4. The SMILES string of the molecule is COC(=O)c1cccc(CN2C(=O)N(Cc3ccc4ccc(C=NN)cc4c3)C(=O)C2(C)c2ccc(-n3ccnc3)cc2)c1. The van der Waals surface area contributed by atoms with Gasteiger partial charge in [-0.05, 0) is 76.3 Å². The fourth-order valence-corrected chi connectivity index (χ4v) is 5.68. The highest BCUT2D eigenvalue weighted by atomic mass is 16.5. The summed E-state index contributed by atoms with van der Waals surface area (Å²) in [6.45, 7) is 1.96. The Morgan fingerprint density at radius 1 is 0.955 bits per heavy atom. The standard InChI is InChI=1S/C34H30N6O4/c1-34(29-10-12-30(13-11-29)38-15-14-36-22-38)32(42)39(20-25-7-9-26-8-6-23(19-37-35)16-28(26)18-25)33(43)40(34)21-24-4-3-5-27(17-24)31(41)44-2/h3-19,22H,20-21,35H2,1-2H3. The number of fused-ring (bicyclic) bond motifs is 1. The van der Waals surface area contributed by atoms with Gasteiger partial charge >= 0.3 is 12.0 Å². The van der Waals surface area contributed by atoms with E-state index in [1.165, 1.54) is 12.0 Å². The smallest absolute Gasteiger partial charge is 0.337 e. The number of hydrogen-bond donors (Lipinski definition) is 1. The van der Waals surface area contributed by atoms with Crippen LogP contribution in [0.5, 0.6) is 0 Å². The Morgan fingerprint density at radius 3 is 2.45 bits per heavy atom. The normalized spacial score (nSPS) is 16.8. The van der Waals surface area contributed by atoms with Crippen LogP contribution in [-0.2, 0) is 28.2 Å². The molecule has 10 nitrogen and oxygen atoms in total. The van der Waals surface area contributed by atoms with Crippen molar-refractivity contribution >= 4 is 34.9 Å². The molecule has 0 radical (unpaired) electrons. The highest BCUT2D eigenvalue weighted by Gasteiger charge is 2.55. The predicted octanol–water partition coefficient (Wildman–Crippen LogP) is 4.98. The van der Waals surface area contributed by atoms with Gasteiger partial charge in [0.1, 0.15) is 5.54 Å². The zero-order valence-electron chi connectivity index (χ0n) is 24.3. The lowest BCUT2D eigenvalue weighted by atomic mass is 9.89. The van der Waals surface area contributed by atoms with Crippen molar-refractivity contribution in [1.82, 2.24) is 19.4 Å². The Hall–Kier alpha value is -5.77. The third kappa shape index (κ3) is 5.06. The molecule has 1 aliphatic heterocycles. The van der Waals surface area contributed by atoms with Gasteiger partial charge in [0, 0.05) is 24.6 Å². The van der Waals surface area contributed by atoms with Crippen LogP contribution in [0.4, 0.5) is 4.79 Å². The number of imide groups is 1. The summed E-state index contributed by atoms with van der Waals surface area (Å²) in [7, 11) is 1.32. The Bertz CT molecular complexity index is 1900. The van der Waals surface area contributed by atoms with E-state index >= 15 is 0 Å². The van der Waals surface area contributed by atoms with E-state index in [0.29, 0.717) is 16.7 Å². The van der Waals surface area contributed by atoms with Crippen molar-refractivity contribution in [3.63, 3.8) is 0 Å². The molecule has 2 N–H and O–H groups in total. The number of benzene rings is 4. The van der Waals surface area contributed by atoms with E-state index in [4.69, 9.17) is 10.6 Å². The summed E-state index contributed by atoms with van der Waals surface area (Å²) < 4.78 is 6.75. The summed E-state index contributed by atoms with van der Waals surface area (Å²) >= 11 is 0. The lowest BCUT2D eigenvalue weighted by Crippen LogP contribution is -2.44. The summed E-state index contributed by atoms with van der Waals surface area (Å²) in [4.78, 5) is 47.6. The van der Waals surface area contributed by atoms with Gasteiger partial charge in [-0.1, -0.05) is 48.5 Å². The molecule has 1 aromatic heterocycles. The molecule has 2 heterocycles. The first-order chi connectivity index (χ1) is 21.3. The molecular formula is C34H30N6O4. The number of ether oxygens (including phenoxy) is 1. The molecule has 0 bridgehead atoms. The second-order valence-corrected chi connectivity index (χ2v) is 10.8. The van der Waals surface area contributed by atoms with E-state index in [9.17, 15) is 14.4 Å². The molecule has 0 spiro atoms. The minimum Gasteiger partial charge on any atom is -0.465 e. The maximum atomic E-state index is 14.3. The second-order valence-electron chi connectivity index (χ2n) is 10.8. The summed E-state index contributed by atoms with van der Waals surface area (Å²) in [6, 6.07) is 25.6. The number of carbonyl (C=O) groups is 3. The Balaban J connectivity index is 1.38. The Kier molecular flexibility index (Phi) is 7.40. The highest BCUT2D eigenvalue weighted by molar-refractivity contribution is 6.07. The third-order valence-corrected chi connectivity index (χ3v) is 8.08. The zero-order valence-corrected chi connectivity index (χ0v) is 24.3. The van der Waals surface area contributed by atoms with Crippen LogP contribution in [0.25, 0.3) is 16.5 Å². The number of rotatable bonds is 8. The number of imidazole rings is 1. The number of nitrogens with zero attached hydrogens (tertiary/aromatic N) is 5. The van der Waals surface area contributed by atoms with Crippen LogP contribution in [0.3, 0.4) is 0 Å². The van der Waals surface area contributed by atoms with Crippen LogP contribution < -0.4 is 5.84 Å². The Morgan fingerprint density at radius 2 is 1.73 bits per heavy atom. The molecule has 44 heavy (non-hydrogen) atoms. The number of carbonyl (C=O) groups excluding carboxylic acids is 3. The summed E-state index contributed by atoms with van der Waals surface area (Å²) in [5.74, 6) is 4.51. The van der Waals surface area contributed by atoms with Crippen molar-refractivity contribution in [2.45, 2.75) is 25.6 Å². The molecule has 0 saturated carbocycles. The average molecular weight is 587 g/mol. The first-order valence-electron chi connectivity index (χ1n) is 14.0. The van der Waals surface area contributed by atoms with Crippen LogP contribution in [0.15, 0.2) is 109 Å². The molecule has 3 amide bonds. The van der Waals surface area contributed by atoms with Crippen molar-refractivity contribution in [1.29, 1.82) is 0 Å². The van der Waals surface area contributed by atoms with Gasteiger partial charge in [0.25, 0.3) is 5.91 Å². The fourth-order valence-electron chi connectivity index (χ4n) is 5.68. The van der Waals surface area contributed by atoms with Crippen LogP contribution in [0, 0.1) is 0 Å². The minimum absolute atomic E-state index is 0.0875. The summed E-state index contributed by atoms with van der Waals surface area (Å²) in [5, 5.41) is 5.56. The van der Waals surface area contributed by atoms with E-state index in [-0.39, 0.29) is 19.0 Å². The molecule has 10 heteroatoms. The summed E-state index contributed by atoms with van der Waals surface area (Å²) in [6.07, 6.45) is 6.78. The van der Waals surface area contributed by atoms with Crippen molar-refractivity contribution in [3.05, 3.63) is 131 Å². The lowest BCUT2D eigenvalue weighted by Gasteiger charge is -2.32. The van der Waals surface area contributed by atoms with Gasteiger partial charge in [-0.15, -0.1) is 0 Å². The van der Waals surface area contributed by atoms with Gasteiger partial charge in [0.15, 0.2) is 0 Å². The quantitative estimate of drug-likeness (QED) is 0.0899. The van der Waals surface area contributed by atoms with Gasteiger partial charge in [-0.25, -0.2) is 14.6 Å². The lowest BCUT2D eigenvalue weighted by molar-refractivity contribution is -0.133. The molecule has 0 aliphatic carbocycles. The number of hydrazone groups is 1. The predicted molar refractivity (Wildman–Crippen MR) is 166 cm³/mol. The number of amides is 3. The molecule has 1 saturated heterocycles. The van der Waals surface area contributed by atoms with Gasteiger partial charge in [0.2, 0.25) is 0 Å². The van der Waals surface area contributed by atoms with Gasteiger partial charge in [-0.3, -0.25) is 9.69 Å². The van der Waals surface area contributed by atoms with Crippen molar-refractivity contribution in [3.8, 4) is 5.69 Å². The molecular weight excluding hydrogens is 556 g/mol. The van der Waals surface area contributed by atoms with Crippen LogP contribution in [0.2, 0.25) is 0 Å². The summed E-state index contributed by atoms with van der Waals surface area (Å²) in [5.41, 5.74) is 2.92. The van der Waals surface area contributed by atoms with E-state index in [0.717, 1.165) is 27.6 Å². The molecule has 1 unspecified atom stereocenters. The maximum Gasteiger partial charge on any atom is 0.337 e. The molecule has 1 atom stereocenters. The van der Waals surface area contributed by atoms with Crippen molar-refractivity contribution < 1.29 is 19.1 Å². The number of esters is 1. The van der Waals surface area contributed by atoms with Gasteiger partial charge < -0.3 is 20.0 Å². The van der Waals surface area contributed by atoms with Gasteiger partial charge in [0.05, 0.1) is 31.8 Å². The largest absolute Gasteiger partial charge is 0.465 e. The number of aromatic nitrogens is 2. The van der Waals surface area contributed by atoms with Crippen molar-refractivity contribution in [2.75, 3.05) is 7.11 Å². The molecule has 5 aromatic rings. The van der Waals surface area contributed by atoms with Gasteiger partial charge in [-0.2, -0.15) is 5.10 Å². The monoisotopic (exact) mass is 586 g/mol. The topological polar surface area (TPSA) is 123 Å². The molecule has 4 aromatic carbocycles. The molecule has 220 valence electrons. The molecule has 1 aliphatic rings. The number of methoxy groups -OCH3 is 1. The number of nitrogens with two attached hydrogens (primary N) is 1. The van der Waals surface area contributed by atoms with E-state index in [1.807, 2.05) is 77.5 Å². The van der Waals surface area contributed by atoms with Crippen LogP contribution in [0.1, 0.15) is 39.5 Å². The average Bonchev–Trinajstić information content (AvgIpc) is 3.65. The van der Waals surface area contributed by atoms with Crippen molar-refractivity contribution in [2.24, 2.45) is 10.9 Å². The first-order valence-corrected chi connectivity index (χ1v) is 14.0. The maximum absolute atomic E-state index is 14.3. The number of urea groups is 1. The Labute approximate surface area is 254 Å². The highest BCUT2D eigenvalue weighted by Crippen LogP contribution is 2.39. The van der Waals surface area contributed by atoms with E-state index in [1.54, 1.807) is 48.8 Å². The number of hydrogen-bond acceptors (Lipinski definition) is 7. The fraction of sp³-hybridized carbons (Fsp3) is 0.147. The van der Waals surface area contributed by atoms with E-state index in [2.05, 4.69) is 10.1 Å². The molecule has 1 fully saturated rings. The van der Waals surface area contributed by atoms with Crippen LogP contribution in [-0.4, -0.2) is 50.6 Å². The third-order valence-electron chi connectivity index (χ3n) is 8.08. The zero-order chi connectivity index (χ0) is 30.8. The van der Waals surface area contributed by atoms with E-state index < -0.39 is 17.5 Å². The minimum atomic E-state index is -1.31.